The molecule has 4 aromatic rings. The van der Waals surface area contributed by atoms with Crippen LogP contribution in [-0.2, 0) is 0 Å². The molecule has 0 aliphatic rings. The summed E-state index contributed by atoms with van der Waals surface area (Å²) in [5, 5.41) is 2.34. The number of nitrogens with zero attached hydrogens (tertiary/aromatic N) is 2. The maximum absolute atomic E-state index is 6.16. The molecule has 0 radical (unpaired) electrons. The Bertz CT molecular complexity index is 967. The number of hydrogen-bond acceptors (Lipinski definition) is 2. The maximum Gasteiger partial charge on any atom is 0.205 e. The van der Waals surface area contributed by atoms with Crippen LogP contribution in [-0.4, -0.2) is 9.55 Å². The molecule has 0 amide bonds. The molecule has 0 atom stereocenters. The van der Waals surface area contributed by atoms with E-state index in [1.807, 2.05) is 41.0 Å². The molecule has 1 aromatic heterocycles. The van der Waals surface area contributed by atoms with Gasteiger partial charge in [-0.2, -0.15) is 0 Å². The topological polar surface area (TPSA) is 43.8 Å². The molecule has 0 spiro atoms. The van der Waals surface area contributed by atoms with Crippen LogP contribution in [0.1, 0.15) is 0 Å². The minimum atomic E-state index is 0.499. The highest BCUT2D eigenvalue weighted by Crippen LogP contribution is 2.29. The average Bonchev–Trinajstić information content (AvgIpc) is 2.82. The number of hydrogen-bond donors (Lipinski definition) is 1. The van der Waals surface area contributed by atoms with Crippen molar-refractivity contribution in [2.45, 2.75) is 0 Å². The fourth-order valence-electron chi connectivity index (χ4n) is 2.72. The van der Waals surface area contributed by atoms with E-state index in [1.54, 1.807) is 0 Å². The standard InChI is InChI=1S/C17H12BrN3/c18-12-8-9-14-16(10-12)21(17(19)20-14)15-7-3-5-11-4-1-2-6-13(11)15/h1-10H,(H2,19,20). The summed E-state index contributed by atoms with van der Waals surface area (Å²) in [6.45, 7) is 0. The van der Waals surface area contributed by atoms with Gasteiger partial charge in [0.1, 0.15) is 0 Å². The Kier molecular flexibility index (Phi) is 2.72. The first-order valence-electron chi connectivity index (χ1n) is 6.66. The molecule has 21 heavy (non-hydrogen) atoms. The fraction of sp³-hybridized carbons (Fsp3) is 0. The highest BCUT2D eigenvalue weighted by molar-refractivity contribution is 9.10. The van der Waals surface area contributed by atoms with Crippen LogP contribution in [0.3, 0.4) is 0 Å². The molecule has 4 heteroatoms. The Balaban J connectivity index is 2.14. The van der Waals surface area contributed by atoms with Crippen LogP contribution in [0.4, 0.5) is 5.95 Å². The molecule has 4 rings (SSSR count). The minimum absolute atomic E-state index is 0.499. The van der Waals surface area contributed by atoms with Crippen molar-refractivity contribution >= 4 is 43.7 Å². The van der Waals surface area contributed by atoms with Crippen molar-refractivity contribution in [2.75, 3.05) is 5.73 Å². The fourth-order valence-corrected chi connectivity index (χ4v) is 3.07. The van der Waals surface area contributed by atoms with Gasteiger partial charge >= 0.3 is 0 Å². The summed E-state index contributed by atoms with van der Waals surface area (Å²) in [6, 6.07) is 20.5. The number of aromatic nitrogens is 2. The second-order valence-electron chi connectivity index (χ2n) is 4.94. The van der Waals surface area contributed by atoms with Crippen LogP contribution < -0.4 is 5.73 Å². The van der Waals surface area contributed by atoms with Crippen LogP contribution >= 0.6 is 15.9 Å². The summed E-state index contributed by atoms with van der Waals surface area (Å²) in [6.07, 6.45) is 0. The van der Waals surface area contributed by atoms with Crippen LogP contribution in [0.25, 0.3) is 27.5 Å². The number of halogens is 1. The van der Waals surface area contributed by atoms with Crippen molar-refractivity contribution in [3.05, 3.63) is 65.1 Å². The third kappa shape index (κ3) is 1.91. The van der Waals surface area contributed by atoms with E-state index in [-0.39, 0.29) is 0 Å². The molecule has 102 valence electrons. The SMILES string of the molecule is Nc1nc2ccc(Br)cc2n1-c1cccc2ccccc12. The molecule has 0 fully saturated rings. The van der Waals surface area contributed by atoms with Gasteiger partial charge in [0.2, 0.25) is 5.95 Å². The van der Waals surface area contributed by atoms with E-state index in [4.69, 9.17) is 5.73 Å². The second-order valence-corrected chi connectivity index (χ2v) is 5.85. The zero-order valence-electron chi connectivity index (χ0n) is 11.1. The quantitative estimate of drug-likeness (QED) is 0.554. The predicted octanol–water partition coefficient (Wildman–Crippen LogP) is 4.52. The molecule has 0 aliphatic carbocycles. The highest BCUT2D eigenvalue weighted by Gasteiger charge is 2.12. The predicted molar refractivity (Wildman–Crippen MR) is 90.7 cm³/mol. The van der Waals surface area contributed by atoms with Crippen molar-refractivity contribution in [3.63, 3.8) is 0 Å². The minimum Gasteiger partial charge on any atom is -0.369 e. The number of fused-ring (bicyclic) bond motifs is 2. The molecule has 0 aliphatic heterocycles. The van der Waals surface area contributed by atoms with Crippen molar-refractivity contribution in [2.24, 2.45) is 0 Å². The third-order valence-corrected chi connectivity index (χ3v) is 4.14. The van der Waals surface area contributed by atoms with Crippen LogP contribution in [0.15, 0.2) is 65.1 Å². The second kappa shape index (κ2) is 4.60. The number of benzene rings is 3. The summed E-state index contributed by atoms with van der Waals surface area (Å²) in [5.74, 6) is 0.499. The zero-order valence-corrected chi connectivity index (χ0v) is 12.7. The molecule has 0 bridgehead atoms. The first kappa shape index (κ1) is 12.4. The first-order valence-corrected chi connectivity index (χ1v) is 7.45. The van der Waals surface area contributed by atoms with E-state index >= 15 is 0 Å². The molecule has 2 N–H and O–H groups in total. The lowest BCUT2D eigenvalue weighted by Gasteiger charge is -2.10. The van der Waals surface area contributed by atoms with Gasteiger partial charge in [0, 0.05) is 9.86 Å². The van der Waals surface area contributed by atoms with Gasteiger partial charge in [0.15, 0.2) is 0 Å². The van der Waals surface area contributed by atoms with Gasteiger partial charge in [0.25, 0.3) is 0 Å². The molecule has 3 aromatic carbocycles. The van der Waals surface area contributed by atoms with Crippen LogP contribution in [0, 0.1) is 0 Å². The summed E-state index contributed by atoms with van der Waals surface area (Å²) in [7, 11) is 0. The van der Waals surface area contributed by atoms with Gasteiger partial charge in [-0.3, -0.25) is 4.57 Å². The van der Waals surface area contributed by atoms with Crippen LogP contribution in [0.2, 0.25) is 0 Å². The Morgan fingerprint density at radius 1 is 0.952 bits per heavy atom. The van der Waals surface area contributed by atoms with E-state index in [0.717, 1.165) is 26.6 Å². The number of nitrogens with two attached hydrogens (primary N) is 1. The molecule has 0 saturated carbocycles. The van der Waals surface area contributed by atoms with Gasteiger partial charge in [-0.15, -0.1) is 0 Å². The lowest BCUT2D eigenvalue weighted by atomic mass is 10.1. The number of rotatable bonds is 1. The number of nitrogen functional groups attached to an aromatic ring is 1. The number of anilines is 1. The molecule has 0 unspecified atom stereocenters. The summed E-state index contributed by atoms with van der Waals surface area (Å²) in [5.41, 5.74) is 9.10. The molecule has 3 nitrogen and oxygen atoms in total. The third-order valence-electron chi connectivity index (χ3n) is 3.65. The molecular formula is C17H12BrN3. The van der Waals surface area contributed by atoms with Crippen molar-refractivity contribution in [1.82, 2.24) is 9.55 Å². The zero-order chi connectivity index (χ0) is 14.4. The van der Waals surface area contributed by atoms with Gasteiger partial charge in [-0.1, -0.05) is 52.3 Å². The van der Waals surface area contributed by atoms with Crippen molar-refractivity contribution in [1.29, 1.82) is 0 Å². The van der Waals surface area contributed by atoms with E-state index < -0.39 is 0 Å². The summed E-state index contributed by atoms with van der Waals surface area (Å²) in [4.78, 5) is 4.46. The van der Waals surface area contributed by atoms with Crippen molar-refractivity contribution in [3.8, 4) is 5.69 Å². The van der Waals surface area contributed by atoms with Crippen LogP contribution in [0.5, 0.6) is 0 Å². The van der Waals surface area contributed by atoms with Gasteiger partial charge in [-0.25, -0.2) is 4.98 Å². The Morgan fingerprint density at radius 3 is 2.67 bits per heavy atom. The van der Waals surface area contributed by atoms with Crippen molar-refractivity contribution < 1.29 is 0 Å². The summed E-state index contributed by atoms with van der Waals surface area (Å²) < 4.78 is 3.01. The molecule has 0 saturated heterocycles. The van der Waals surface area contributed by atoms with Gasteiger partial charge < -0.3 is 5.73 Å². The van der Waals surface area contributed by atoms with Gasteiger partial charge in [-0.05, 0) is 29.7 Å². The monoisotopic (exact) mass is 337 g/mol. The Hall–Kier alpha value is -2.33. The molecular weight excluding hydrogens is 326 g/mol. The normalized spacial score (nSPS) is 11.3. The maximum atomic E-state index is 6.16. The van der Waals surface area contributed by atoms with Gasteiger partial charge in [0.05, 0.1) is 16.7 Å². The van der Waals surface area contributed by atoms with E-state index in [2.05, 4.69) is 45.2 Å². The highest BCUT2D eigenvalue weighted by atomic mass is 79.9. The Labute approximate surface area is 130 Å². The lowest BCUT2D eigenvalue weighted by molar-refractivity contribution is 1.12. The van der Waals surface area contributed by atoms with E-state index in [0.29, 0.717) is 5.95 Å². The first-order chi connectivity index (χ1) is 10.2. The molecule has 1 heterocycles. The summed E-state index contributed by atoms with van der Waals surface area (Å²) >= 11 is 3.52. The smallest absolute Gasteiger partial charge is 0.205 e. The average molecular weight is 338 g/mol. The number of imidazole rings is 1. The van der Waals surface area contributed by atoms with E-state index in [1.165, 1.54) is 5.39 Å². The largest absolute Gasteiger partial charge is 0.369 e. The Morgan fingerprint density at radius 2 is 1.76 bits per heavy atom. The lowest BCUT2D eigenvalue weighted by Crippen LogP contribution is -2.01. The van der Waals surface area contributed by atoms with E-state index in [9.17, 15) is 0 Å².